The van der Waals surface area contributed by atoms with Gasteiger partial charge in [0.1, 0.15) is 16.2 Å². The number of rotatable bonds is 9. The quantitative estimate of drug-likeness (QED) is 0.296. The van der Waals surface area contributed by atoms with Gasteiger partial charge in [-0.15, -0.1) is 0 Å². The first-order valence-corrected chi connectivity index (χ1v) is 11.6. The van der Waals surface area contributed by atoms with Crippen LogP contribution in [0.3, 0.4) is 0 Å². The van der Waals surface area contributed by atoms with Crippen LogP contribution in [-0.2, 0) is 16.1 Å². The number of aromatic nitrogens is 4. The third-order valence-electron chi connectivity index (χ3n) is 4.80. The second-order valence-corrected chi connectivity index (χ2v) is 8.50. The van der Waals surface area contributed by atoms with Gasteiger partial charge in [0.2, 0.25) is 11.9 Å². The van der Waals surface area contributed by atoms with Gasteiger partial charge in [-0.2, -0.15) is 18.2 Å². The van der Waals surface area contributed by atoms with E-state index in [1.54, 1.807) is 6.20 Å². The van der Waals surface area contributed by atoms with E-state index in [0.717, 1.165) is 29.1 Å². The van der Waals surface area contributed by atoms with E-state index in [-0.39, 0.29) is 19.2 Å². The van der Waals surface area contributed by atoms with Crippen molar-refractivity contribution in [2.24, 2.45) is 0 Å². The van der Waals surface area contributed by atoms with Gasteiger partial charge in [-0.1, -0.05) is 11.3 Å². The summed E-state index contributed by atoms with van der Waals surface area (Å²) in [6, 6.07) is 5.53. The minimum atomic E-state index is -4.53. The molecule has 0 aromatic carbocycles. The Labute approximate surface area is 202 Å². The molecule has 1 aliphatic rings. The number of carbonyl (C=O) groups excluding carboxylic acids is 1. The maximum atomic E-state index is 12.2. The van der Waals surface area contributed by atoms with E-state index >= 15 is 0 Å². The summed E-state index contributed by atoms with van der Waals surface area (Å²) in [5.74, 6) is 0.0115. The average Bonchev–Trinajstić information content (AvgIpc) is 3.23. The summed E-state index contributed by atoms with van der Waals surface area (Å²) in [6.07, 6.45) is -2.49. The summed E-state index contributed by atoms with van der Waals surface area (Å²) in [4.78, 5) is 32.4. The zero-order valence-corrected chi connectivity index (χ0v) is 19.3. The molecule has 0 radical (unpaired) electrons. The number of hydrogen-bond donors (Lipinski definition) is 3. The van der Waals surface area contributed by atoms with Crippen LogP contribution in [0, 0.1) is 0 Å². The lowest BCUT2D eigenvalue weighted by atomic mass is 10.3. The monoisotopic (exact) mass is 508 g/mol. The molecular formula is C21H23F3N8O2S. The summed E-state index contributed by atoms with van der Waals surface area (Å²) in [5, 5.41) is 9.21. The van der Waals surface area contributed by atoms with Crippen molar-refractivity contribution in [3.8, 4) is 0 Å². The van der Waals surface area contributed by atoms with Crippen LogP contribution in [0.25, 0.3) is 10.3 Å². The van der Waals surface area contributed by atoms with Crippen LogP contribution in [-0.4, -0.2) is 76.3 Å². The predicted molar refractivity (Wildman–Crippen MR) is 126 cm³/mol. The third-order valence-corrected chi connectivity index (χ3v) is 5.70. The van der Waals surface area contributed by atoms with Crippen molar-refractivity contribution in [3.05, 3.63) is 42.2 Å². The molecule has 10 nitrogen and oxygen atoms in total. The number of fused-ring (bicyclic) bond motifs is 1. The number of alkyl halides is 3. The predicted octanol–water partition coefficient (Wildman–Crippen LogP) is 2.70. The highest BCUT2D eigenvalue weighted by Crippen LogP contribution is 2.26. The Hall–Kier alpha value is -3.36. The number of pyridine rings is 1. The number of allylic oxidation sites excluding steroid dienone is 1. The summed E-state index contributed by atoms with van der Waals surface area (Å²) in [5.41, 5.74) is 1.54. The molecule has 3 aromatic rings. The number of nitrogens with zero attached hydrogens (tertiary/aromatic N) is 5. The fraction of sp³-hybridized carbons (Fsp3) is 0.381. The maximum Gasteiger partial charge on any atom is 0.409 e. The van der Waals surface area contributed by atoms with Gasteiger partial charge >= 0.3 is 6.18 Å². The van der Waals surface area contributed by atoms with E-state index in [1.165, 1.54) is 11.3 Å². The zero-order valence-electron chi connectivity index (χ0n) is 18.5. The number of nitrogens with one attached hydrogen (secondary N) is 3. The largest absolute Gasteiger partial charge is 0.409 e. The molecular weight excluding hydrogens is 485 g/mol. The van der Waals surface area contributed by atoms with Crippen molar-refractivity contribution in [3.63, 3.8) is 0 Å². The smallest absolute Gasteiger partial charge is 0.379 e. The van der Waals surface area contributed by atoms with E-state index in [1.807, 2.05) is 18.2 Å². The van der Waals surface area contributed by atoms with Crippen molar-refractivity contribution >= 4 is 44.5 Å². The first-order valence-electron chi connectivity index (χ1n) is 10.8. The Balaban J connectivity index is 1.42. The lowest BCUT2D eigenvalue weighted by Crippen LogP contribution is -2.36. The maximum absolute atomic E-state index is 12.2. The van der Waals surface area contributed by atoms with Crippen molar-refractivity contribution < 1.29 is 22.7 Å². The van der Waals surface area contributed by atoms with E-state index in [4.69, 9.17) is 4.74 Å². The normalized spacial score (nSPS) is 14.9. The van der Waals surface area contributed by atoms with Gasteiger partial charge in [-0.05, 0) is 12.1 Å². The SMILES string of the molecule is O=C(/C=C/C(F)(F)F)NCCNc1nc(CN2CCOCC2)cc(Nc2nc3cccnc3s2)n1. The van der Waals surface area contributed by atoms with Gasteiger partial charge in [0, 0.05) is 57.1 Å². The fourth-order valence-corrected chi connectivity index (χ4v) is 4.05. The number of halogens is 3. The number of thiazole rings is 1. The summed E-state index contributed by atoms with van der Waals surface area (Å²) < 4.78 is 41.9. The molecule has 0 bridgehead atoms. The Morgan fingerprint density at radius 2 is 2.03 bits per heavy atom. The minimum Gasteiger partial charge on any atom is -0.379 e. The molecule has 4 rings (SSSR count). The Bertz CT molecular complexity index is 1150. The molecule has 0 saturated carbocycles. The first kappa shape index (κ1) is 24.8. The first-order chi connectivity index (χ1) is 16.8. The van der Waals surface area contributed by atoms with Gasteiger partial charge in [-0.25, -0.2) is 15.0 Å². The van der Waals surface area contributed by atoms with Gasteiger partial charge < -0.3 is 20.7 Å². The van der Waals surface area contributed by atoms with Gasteiger partial charge in [0.05, 0.1) is 18.9 Å². The third kappa shape index (κ3) is 7.83. The van der Waals surface area contributed by atoms with Crippen LogP contribution in [0.4, 0.5) is 30.1 Å². The second-order valence-electron chi connectivity index (χ2n) is 7.52. The topological polar surface area (TPSA) is 117 Å². The van der Waals surface area contributed by atoms with E-state index in [0.29, 0.717) is 42.7 Å². The highest BCUT2D eigenvalue weighted by molar-refractivity contribution is 7.21. The van der Waals surface area contributed by atoms with Crippen molar-refractivity contribution in [1.82, 2.24) is 30.2 Å². The molecule has 35 heavy (non-hydrogen) atoms. The molecule has 1 fully saturated rings. The van der Waals surface area contributed by atoms with E-state index < -0.39 is 12.1 Å². The summed E-state index contributed by atoms with van der Waals surface area (Å²) in [6.45, 7) is 3.79. The van der Waals surface area contributed by atoms with Crippen LogP contribution in [0.1, 0.15) is 5.69 Å². The molecule has 1 saturated heterocycles. The summed E-state index contributed by atoms with van der Waals surface area (Å²) >= 11 is 1.40. The number of morpholine rings is 1. The highest BCUT2D eigenvalue weighted by atomic mass is 32.1. The fourth-order valence-electron chi connectivity index (χ4n) is 3.23. The molecule has 186 valence electrons. The zero-order chi connectivity index (χ0) is 24.7. The average molecular weight is 509 g/mol. The Morgan fingerprint density at radius 1 is 1.20 bits per heavy atom. The lowest BCUT2D eigenvalue weighted by molar-refractivity contribution is -0.117. The van der Waals surface area contributed by atoms with Gasteiger partial charge in [0.15, 0.2) is 5.13 Å². The van der Waals surface area contributed by atoms with E-state index in [9.17, 15) is 18.0 Å². The molecule has 1 aliphatic heterocycles. The molecule has 0 atom stereocenters. The standard InChI is InChI=1S/C21H23F3N8O2S/c22-21(23,24)4-3-17(33)25-6-7-27-19-28-14(13-32-8-10-34-11-9-32)12-16(30-19)31-20-29-15-2-1-5-26-18(15)35-20/h1-5,12H,6-11,13H2,(H,25,33)(H2,27,28,29,30,31)/b4-3+. The number of anilines is 3. The molecule has 0 spiro atoms. The number of ether oxygens (including phenoxy) is 1. The van der Waals surface area contributed by atoms with Crippen molar-refractivity contribution in [1.29, 1.82) is 0 Å². The molecule has 3 N–H and O–H groups in total. The van der Waals surface area contributed by atoms with Crippen LogP contribution in [0.2, 0.25) is 0 Å². The molecule has 1 amide bonds. The number of hydrogen-bond acceptors (Lipinski definition) is 10. The summed E-state index contributed by atoms with van der Waals surface area (Å²) in [7, 11) is 0. The Morgan fingerprint density at radius 3 is 2.80 bits per heavy atom. The number of amides is 1. The van der Waals surface area contributed by atoms with Crippen LogP contribution in [0.15, 0.2) is 36.5 Å². The van der Waals surface area contributed by atoms with Gasteiger partial charge in [-0.3, -0.25) is 9.69 Å². The minimum absolute atomic E-state index is 0.0877. The lowest BCUT2D eigenvalue weighted by Gasteiger charge is -2.26. The molecule has 0 unspecified atom stereocenters. The molecule has 4 heterocycles. The molecule has 3 aromatic heterocycles. The molecule has 14 heteroatoms. The van der Waals surface area contributed by atoms with Crippen molar-refractivity contribution in [2.45, 2.75) is 12.7 Å². The number of carbonyl (C=O) groups is 1. The second kappa shape index (κ2) is 11.4. The van der Waals surface area contributed by atoms with Crippen LogP contribution in [0.5, 0.6) is 0 Å². The van der Waals surface area contributed by atoms with Gasteiger partial charge in [0.25, 0.3) is 0 Å². The van der Waals surface area contributed by atoms with E-state index in [2.05, 4.69) is 40.8 Å². The van der Waals surface area contributed by atoms with Crippen LogP contribution < -0.4 is 16.0 Å². The highest BCUT2D eigenvalue weighted by Gasteiger charge is 2.22. The van der Waals surface area contributed by atoms with Crippen LogP contribution >= 0.6 is 11.3 Å². The molecule has 0 aliphatic carbocycles. The Kier molecular flexibility index (Phi) is 8.05. The van der Waals surface area contributed by atoms with Crippen molar-refractivity contribution in [2.75, 3.05) is 50.0 Å².